The van der Waals surface area contributed by atoms with Crippen molar-refractivity contribution in [2.24, 2.45) is 0 Å². The van der Waals surface area contributed by atoms with E-state index in [4.69, 9.17) is 4.74 Å². The van der Waals surface area contributed by atoms with E-state index in [0.29, 0.717) is 16.4 Å². The second kappa shape index (κ2) is 4.67. The third-order valence-corrected chi connectivity index (χ3v) is 4.29. The Balaban J connectivity index is 1.68. The van der Waals surface area contributed by atoms with Crippen LogP contribution in [0, 0.1) is 5.82 Å². The zero-order valence-electron chi connectivity index (χ0n) is 9.53. The van der Waals surface area contributed by atoms with Gasteiger partial charge in [0.15, 0.2) is 0 Å². The maximum Gasteiger partial charge on any atom is 0.137 e. The maximum atomic E-state index is 13.5. The fourth-order valence-corrected chi connectivity index (χ4v) is 2.84. The zero-order chi connectivity index (χ0) is 11.8. The Bertz CT molecular complexity index is 420. The van der Waals surface area contributed by atoms with Crippen molar-refractivity contribution in [3.63, 3.8) is 0 Å². The molecule has 1 aliphatic carbocycles. The van der Waals surface area contributed by atoms with Crippen LogP contribution in [0.25, 0.3) is 0 Å². The predicted molar refractivity (Wildman–Crippen MR) is 67.6 cm³/mol. The molecule has 2 nitrogen and oxygen atoms in total. The number of morpholine rings is 1. The van der Waals surface area contributed by atoms with Crippen LogP contribution in [-0.4, -0.2) is 37.2 Å². The summed E-state index contributed by atoms with van der Waals surface area (Å²) in [5.74, 6) is 0.353. The highest BCUT2D eigenvalue weighted by molar-refractivity contribution is 9.10. The van der Waals surface area contributed by atoms with Crippen LogP contribution in [-0.2, 0) is 4.74 Å². The Hall–Kier alpha value is -0.450. The number of halogens is 2. The molecule has 1 heterocycles. The summed E-state index contributed by atoms with van der Waals surface area (Å²) in [6, 6.07) is 6.09. The van der Waals surface area contributed by atoms with Crippen LogP contribution < -0.4 is 0 Å². The molecule has 2 fully saturated rings. The first-order valence-electron chi connectivity index (χ1n) is 6.02. The minimum absolute atomic E-state index is 0.157. The van der Waals surface area contributed by atoms with E-state index in [2.05, 4.69) is 20.8 Å². The molecule has 17 heavy (non-hydrogen) atoms. The van der Waals surface area contributed by atoms with E-state index in [1.54, 1.807) is 12.1 Å². The van der Waals surface area contributed by atoms with Gasteiger partial charge in [-0.3, -0.25) is 4.90 Å². The van der Waals surface area contributed by atoms with Crippen molar-refractivity contribution in [2.45, 2.75) is 18.4 Å². The van der Waals surface area contributed by atoms with E-state index in [1.807, 2.05) is 6.07 Å². The van der Waals surface area contributed by atoms with Gasteiger partial charge in [-0.25, -0.2) is 4.39 Å². The molecule has 0 amide bonds. The molecule has 1 saturated heterocycles. The van der Waals surface area contributed by atoms with Gasteiger partial charge in [-0.15, -0.1) is 0 Å². The molecule has 1 saturated carbocycles. The average molecular weight is 300 g/mol. The molecular weight excluding hydrogens is 285 g/mol. The summed E-state index contributed by atoms with van der Waals surface area (Å²) in [4.78, 5) is 2.47. The molecule has 4 heteroatoms. The quantitative estimate of drug-likeness (QED) is 0.833. The second-order valence-electron chi connectivity index (χ2n) is 4.73. The van der Waals surface area contributed by atoms with Gasteiger partial charge in [-0.2, -0.15) is 0 Å². The van der Waals surface area contributed by atoms with Crippen LogP contribution in [0.3, 0.4) is 0 Å². The van der Waals surface area contributed by atoms with Gasteiger partial charge in [-0.05, 0) is 40.0 Å². The van der Waals surface area contributed by atoms with E-state index in [9.17, 15) is 4.39 Å². The monoisotopic (exact) mass is 299 g/mol. The fraction of sp³-hybridized carbons (Fsp3) is 0.538. The normalized spacial score (nSPS) is 29.3. The summed E-state index contributed by atoms with van der Waals surface area (Å²) in [7, 11) is 0. The Labute approximate surface area is 109 Å². The molecule has 0 spiro atoms. The Morgan fingerprint density at radius 1 is 1.29 bits per heavy atom. The van der Waals surface area contributed by atoms with Crippen molar-refractivity contribution < 1.29 is 9.13 Å². The van der Waals surface area contributed by atoms with Gasteiger partial charge in [0.05, 0.1) is 17.7 Å². The van der Waals surface area contributed by atoms with Crippen molar-refractivity contribution >= 4 is 15.9 Å². The highest BCUT2D eigenvalue weighted by Crippen LogP contribution is 2.45. The summed E-state index contributed by atoms with van der Waals surface area (Å²) in [6.07, 6.45) is 1.15. The molecule has 2 aliphatic rings. The van der Waals surface area contributed by atoms with Gasteiger partial charge in [0.1, 0.15) is 5.82 Å². The van der Waals surface area contributed by atoms with Crippen LogP contribution in [0.5, 0.6) is 0 Å². The largest absolute Gasteiger partial charge is 0.379 e. The molecule has 0 bridgehead atoms. The average Bonchev–Trinajstić information content (AvgIpc) is 3.14. The highest BCUT2D eigenvalue weighted by Gasteiger charge is 2.43. The van der Waals surface area contributed by atoms with E-state index >= 15 is 0 Å². The van der Waals surface area contributed by atoms with Crippen molar-refractivity contribution in [3.05, 3.63) is 34.1 Å². The highest BCUT2D eigenvalue weighted by atomic mass is 79.9. The SMILES string of the molecule is Fc1cc(C2CC2N2CCOCC2)ccc1Br. The molecule has 1 aliphatic heterocycles. The first-order valence-corrected chi connectivity index (χ1v) is 6.82. The molecule has 0 radical (unpaired) electrons. The lowest BCUT2D eigenvalue weighted by atomic mass is 10.1. The van der Waals surface area contributed by atoms with Crippen LogP contribution in [0.1, 0.15) is 17.9 Å². The predicted octanol–water partition coefficient (Wildman–Crippen LogP) is 2.78. The Morgan fingerprint density at radius 3 is 2.76 bits per heavy atom. The van der Waals surface area contributed by atoms with Gasteiger partial charge in [0.25, 0.3) is 0 Å². The lowest BCUT2D eigenvalue weighted by molar-refractivity contribution is 0.0331. The Kier molecular flexibility index (Phi) is 3.19. The third-order valence-electron chi connectivity index (χ3n) is 3.64. The van der Waals surface area contributed by atoms with Gasteiger partial charge < -0.3 is 4.74 Å². The molecule has 1 aromatic rings. The van der Waals surface area contributed by atoms with E-state index in [0.717, 1.165) is 38.3 Å². The molecular formula is C13H15BrFNO. The fourth-order valence-electron chi connectivity index (χ4n) is 2.60. The Morgan fingerprint density at radius 2 is 2.06 bits per heavy atom. The van der Waals surface area contributed by atoms with Gasteiger partial charge >= 0.3 is 0 Å². The van der Waals surface area contributed by atoms with Crippen molar-refractivity contribution in [3.8, 4) is 0 Å². The topological polar surface area (TPSA) is 12.5 Å². The van der Waals surface area contributed by atoms with Crippen LogP contribution >= 0.6 is 15.9 Å². The lowest BCUT2D eigenvalue weighted by Gasteiger charge is -2.27. The number of nitrogens with zero attached hydrogens (tertiary/aromatic N) is 1. The van der Waals surface area contributed by atoms with Crippen molar-refractivity contribution in [2.75, 3.05) is 26.3 Å². The minimum Gasteiger partial charge on any atom is -0.379 e. The smallest absolute Gasteiger partial charge is 0.137 e. The number of rotatable bonds is 2. The maximum absolute atomic E-state index is 13.5. The zero-order valence-corrected chi connectivity index (χ0v) is 11.1. The van der Waals surface area contributed by atoms with Gasteiger partial charge in [0, 0.05) is 25.0 Å². The summed E-state index contributed by atoms with van der Waals surface area (Å²) in [5.41, 5.74) is 1.13. The van der Waals surface area contributed by atoms with Crippen LogP contribution in [0.15, 0.2) is 22.7 Å². The number of benzene rings is 1. The third kappa shape index (κ3) is 2.39. The molecule has 1 aromatic carbocycles. The van der Waals surface area contributed by atoms with E-state index in [1.165, 1.54) is 0 Å². The summed E-state index contributed by atoms with van der Waals surface area (Å²) >= 11 is 3.19. The molecule has 2 atom stereocenters. The molecule has 0 N–H and O–H groups in total. The summed E-state index contributed by atoms with van der Waals surface area (Å²) in [5, 5.41) is 0. The first kappa shape index (κ1) is 11.6. The molecule has 92 valence electrons. The number of hydrogen-bond acceptors (Lipinski definition) is 2. The van der Waals surface area contributed by atoms with E-state index in [-0.39, 0.29) is 5.82 Å². The van der Waals surface area contributed by atoms with Crippen molar-refractivity contribution in [1.29, 1.82) is 0 Å². The van der Waals surface area contributed by atoms with Gasteiger partial charge in [0.2, 0.25) is 0 Å². The van der Waals surface area contributed by atoms with E-state index < -0.39 is 0 Å². The first-order chi connectivity index (χ1) is 8.25. The lowest BCUT2D eigenvalue weighted by Crippen LogP contribution is -2.38. The van der Waals surface area contributed by atoms with Crippen LogP contribution in [0.4, 0.5) is 4.39 Å². The molecule has 2 unspecified atom stereocenters. The number of hydrogen-bond donors (Lipinski definition) is 0. The standard InChI is InChI=1S/C13H15BrFNO/c14-11-2-1-9(7-12(11)15)10-8-13(10)16-3-5-17-6-4-16/h1-2,7,10,13H,3-6,8H2. The van der Waals surface area contributed by atoms with Gasteiger partial charge in [-0.1, -0.05) is 6.07 Å². The summed E-state index contributed by atoms with van der Waals surface area (Å²) in [6.45, 7) is 3.69. The molecule has 3 rings (SSSR count). The van der Waals surface area contributed by atoms with Crippen molar-refractivity contribution in [1.82, 2.24) is 4.90 Å². The second-order valence-corrected chi connectivity index (χ2v) is 5.59. The van der Waals surface area contributed by atoms with Crippen LogP contribution in [0.2, 0.25) is 0 Å². The minimum atomic E-state index is -0.157. The summed E-state index contributed by atoms with van der Waals surface area (Å²) < 4.78 is 19.3. The molecule has 0 aromatic heterocycles. The number of ether oxygens (including phenoxy) is 1.